The van der Waals surface area contributed by atoms with Crippen LogP contribution in [0.1, 0.15) is 19.3 Å². The van der Waals surface area contributed by atoms with Gasteiger partial charge in [-0.05, 0) is 12.8 Å². The average Bonchev–Trinajstić information content (AvgIpc) is 2.16. The molecule has 5 nitrogen and oxygen atoms in total. The highest BCUT2D eigenvalue weighted by Crippen LogP contribution is 1.95. The van der Waals surface area contributed by atoms with Crippen molar-refractivity contribution in [2.24, 2.45) is 5.84 Å². The Bertz CT molecular complexity index is 131. The third-order valence-corrected chi connectivity index (χ3v) is 1.54. The normalized spacial score (nSPS) is 10.0. The van der Waals surface area contributed by atoms with Crippen molar-refractivity contribution in [1.82, 2.24) is 5.43 Å². The molecule has 0 aromatic rings. The first-order valence-electron chi connectivity index (χ1n) is 4.37. The Hall–Kier alpha value is -0.650. The second-order valence-electron chi connectivity index (χ2n) is 2.63. The molecule has 13 heavy (non-hydrogen) atoms. The number of amides is 1. The molecule has 0 aliphatic heterocycles. The quantitative estimate of drug-likeness (QED) is 0.241. The topological polar surface area (TPSA) is 73.6 Å². The summed E-state index contributed by atoms with van der Waals surface area (Å²) in [6.07, 6.45) is 2.14. The summed E-state index contributed by atoms with van der Waals surface area (Å²) in [7, 11) is 1.63. The SMILES string of the molecule is COCCOCCCCC(=O)NN. The number of hydrogen-bond acceptors (Lipinski definition) is 4. The molecular formula is C8H18N2O3. The molecule has 0 fully saturated rings. The maximum absolute atomic E-state index is 10.7. The summed E-state index contributed by atoms with van der Waals surface area (Å²) in [4.78, 5) is 10.7. The Labute approximate surface area is 78.5 Å². The fourth-order valence-corrected chi connectivity index (χ4v) is 0.806. The lowest BCUT2D eigenvalue weighted by molar-refractivity contribution is -0.121. The summed E-state index contributed by atoms with van der Waals surface area (Å²) in [6.45, 7) is 1.89. The van der Waals surface area contributed by atoms with Crippen LogP contribution < -0.4 is 11.3 Å². The van der Waals surface area contributed by atoms with Gasteiger partial charge in [0.25, 0.3) is 0 Å². The molecule has 0 aromatic carbocycles. The van der Waals surface area contributed by atoms with Gasteiger partial charge in [0.15, 0.2) is 0 Å². The first-order valence-corrected chi connectivity index (χ1v) is 4.37. The predicted octanol–water partition coefficient (Wildman–Crippen LogP) is -0.190. The second kappa shape index (κ2) is 9.44. The molecule has 0 aliphatic rings. The Kier molecular flexibility index (Phi) is 8.97. The Morgan fingerprint density at radius 3 is 2.69 bits per heavy atom. The van der Waals surface area contributed by atoms with Crippen LogP contribution in [0.5, 0.6) is 0 Å². The third-order valence-electron chi connectivity index (χ3n) is 1.54. The predicted molar refractivity (Wildman–Crippen MR) is 48.9 cm³/mol. The molecule has 0 spiro atoms. The molecule has 1 amide bonds. The number of rotatable bonds is 8. The van der Waals surface area contributed by atoms with E-state index in [2.05, 4.69) is 5.43 Å². The van der Waals surface area contributed by atoms with Gasteiger partial charge in [-0.25, -0.2) is 5.84 Å². The van der Waals surface area contributed by atoms with Crippen molar-refractivity contribution in [3.8, 4) is 0 Å². The molecular weight excluding hydrogens is 172 g/mol. The van der Waals surface area contributed by atoms with E-state index in [9.17, 15) is 4.79 Å². The maximum Gasteiger partial charge on any atom is 0.233 e. The van der Waals surface area contributed by atoms with E-state index in [0.29, 0.717) is 26.2 Å². The molecule has 0 unspecified atom stereocenters. The zero-order valence-corrected chi connectivity index (χ0v) is 8.04. The average molecular weight is 190 g/mol. The summed E-state index contributed by atoms with van der Waals surface area (Å²) < 4.78 is 10.00. The first kappa shape index (κ1) is 12.3. The van der Waals surface area contributed by atoms with E-state index in [4.69, 9.17) is 15.3 Å². The molecule has 3 N–H and O–H groups in total. The lowest BCUT2D eigenvalue weighted by Gasteiger charge is -2.02. The van der Waals surface area contributed by atoms with E-state index in [1.807, 2.05) is 0 Å². The fourth-order valence-electron chi connectivity index (χ4n) is 0.806. The smallest absolute Gasteiger partial charge is 0.233 e. The minimum Gasteiger partial charge on any atom is -0.382 e. The molecule has 0 heterocycles. The minimum absolute atomic E-state index is 0.128. The van der Waals surface area contributed by atoms with Gasteiger partial charge in [0.2, 0.25) is 5.91 Å². The number of carbonyl (C=O) groups excluding carboxylic acids is 1. The largest absolute Gasteiger partial charge is 0.382 e. The molecule has 0 aliphatic carbocycles. The van der Waals surface area contributed by atoms with Crippen molar-refractivity contribution in [3.05, 3.63) is 0 Å². The van der Waals surface area contributed by atoms with Crippen LogP contribution >= 0.6 is 0 Å². The van der Waals surface area contributed by atoms with Gasteiger partial charge in [0, 0.05) is 20.1 Å². The van der Waals surface area contributed by atoms with E-state index in [-0.39, 0.29) is 5.91 Å². The highest BCUT2D eigenvalue weighted by Gasteiger charge is 1.96. The van der Waals surface area contributed by atoms with E-state index >= 15 is 0 Å². The number of carbonyl (C=O) groups is 1. The first-order chi connectivity index (χ1) is 6.31. The van der Waals surface area contributed by atoms with Crippen LogP contribution in [0, 0.1) is 0 Å². The number of nitrogens with two attached hydrogens (primary N) is 1. The van der Waals surface area contributed by atoms with Gasteiger partial charge in [-0.3, -0.25) is 10.2 Å². The molecule has 78 valence electrons. The number of nitrogens with one attached hydrogen (secondary N) is 1. The zero-order chi connectivity index (χ0) is 9.94. The lowest BCUT2D eigenvalue weighted by atomic mass is 10.2. The molecule has 5 heteroatoms. The summed E-state index contributed by atoms with van der Waals surface area (Å²) in [6, 6.07) is 0. The Morgan fingerprint density at radius 2 is 2.08 bits per heavy atom. The van der Waals surface area contributed by atoms with Gasteiger partial charge in [0.1, 0.15) is 0 Å². The van der Waals surface area contributed by atoms with Gasteiger partial charge in [0.05, 0.1) is 13.2 Å². The van der Waals surface area contributed by atoms with Crippen LogP contribution in [0.2, 0.25) is 0 Å². The van der Waals surface area contributed by atoms with Crippen LogP contribution in [0.15, 0.2) is 0 Å². The van der Waals surface area contributed by atoms with Crippen LogP contribution in [-0.2, 0) is 14.3 Å². The van der Waals surface area contributed by atoms with E-state index < -0.39 is 0 Å². The molecule has 0 saturated carbocycles. The summed E-state index contributed by atoms with van der Waals surface area (Å²) in [5.41, 5.74) is 2.08. The van der Waals surface area contributed by atoms with Crippen LogP contribution in [-0.4, -0.2) is 32.8 Å². The number of ether oxygens (including phenoxy) is 2. The second-order valence-corrected chi connectivity index (χ2v) is 2.63. The molecule has 0 aromatic heterocycles. The number of unbranched alkanes of at least 4 members (excludes halogenated alkanes) is 1. The molecule has 0 radical (unpaired) electrons. The summed E-state index contributed by atoms with van der Waals surface area (Å²) in [5, 5.41) is 0. The van der Waals surface area contributed by atoms with Gasteiger partial charge in [-0.2, -0.15) is 0 Å². The number of hydrazine groups is 1. The highest BCUT2D eigenvalue weighted by atomic mass is 16.5. The fraction of sp³-hybridized carbons (Fsp3) is 0.875. The number of hydrogen-bond donors (Lipinski definition) is 2. The Balaban J connectivity index is 2.95. The molecule has 0 atom stereocenters. The van der Waals surface area contributed by atoms with Gasteiger partial charge < -0.3 is 9.47 Å². The standard InChI is InChI=1S/C8H18N2O3/c1-12-6-7-13-5-3-2-4-8(11)10-9/h2-7,9H2,1H3,(H,10,11). The maximum atomic E-state index is 10.7. The van der Waals surface area contributed by atoms with Crippen molar-refractivity contribution < 1.29 is 14.3 Å². The monoisotopic (exact) mass is 190 g/mol. The Morgan fingerprint density at radius 1 is 1.31 bits per heavy atom. The zero-order valence-electron chi connectivity index (χ0n) is 8.04. The minimum atomic E-state index is -0.128. The van der Waals surface area contributed by atoms with Gasteiger partial charge in [-0.1, -0.05) is 0 Å². The van der Waals surface area contributed by atoms with Gasteiger partial charge >= 0.3 is 0 Å². The molecule has 0 rings (SSSR count). The summed E-state index contributed by atoms with van der Waals surface area (Å²) in [5.74, 6) is 4.78. The molecule has 0 saturated heterocycles. The van der Waals surface area contributed by atoms with E-state index in [1.165, 1.54) is 0 Å². The third kappa shape index (κ3) is 9.26. The van der Waals surface area contributed by atoms with E-state index in [1.54, 1.807) is 7.11 Å². The van der Waals surface area contributed by atoms with Crippen molar-refractivity contribution >= 4 is 5.91 Å². The van der Waals surface area contributed by atoms with E-state index in [0.717, 1.165) is 12.8 Å². The number of methoxy groups -OCH3 is 1. The van der Waals surface area contributed by atoms with Crippen LogP contribution in [0.25, 0.3) is 0 Å². The van der Waals surface area contributed by atoms with Crippen molar-refractivity contribution in [2.45, 2.75) is 19.3 Å². The summed E-state index contributed by atoms with van der Waals surface area (Å²) >= 11 is 0. The van der Waals surface area contributed by atoms with Crippen LogP contribution in [0.3, 0.4) is 0 Å². The lowest BCUT2D eigenvalue weighted by Crippen LogP contribution is -2.29. The van der Waals surface area contributed by atoms with Crippen molar-refractivity contribution in [2.75, 3.05) is 26.9 Å². The van der Waals surface area contributed by atoms with Crippen molar-refractivity contribution in [1.29, 1.82) is 0 Å². The van der Waals surface area contributed by atoms with Crippen LogP contribution in [0.4, 0.5) is 0 Å². The molecule has 0 bridgehead atoms. The highest BCUT2D eigenvalue weighted by molar-refractivity contribution is 5.74. The van der Waals surface area contributed by atoms with Crippen molar-refractivity contribution in [3.63, 3.8) is 0 Å². The van der Waals surface area contributed by atoms with Gasteiger partial charge in [-0.15, -0.1) is 0 Å².